The Morgan fingerprint density at radius 3 is 3.10 bits per heavy atom. The summed E-state index contributed by atoms with van der Waals surface area (Å²) in [7, 11) is 1.89. The molecule has 0 aliphatic carbocycles. The lowest BCUT2D eigenvalue weighted by atomic mass is 9.98. The molecule has 1 N–H and O–H groups in total. The van der Waals surface area contributed by atoms with Crippen LogP contribution in [0.5, 0.6) is 0 Å². The summed E-state index contributed by atoms with van der Waals surface area (Å²) < 4.78 is 0. The van der Waals surface area contributed by atoms with Gasteiger partial charge in [-0.2, -0.15) is 0 Å². The molecule has 0 radical (unpaired) electrons. The Hall–Kier alpha value is -1.94. The molecule has 0 saturated carbocycles. The number of nitrogens with zero attached hydrogens (tertiary/aromatic N) is 2. The highest BCUT2D eigenvalue weighted by Crippen LogP contribution is 2.19. The van der Waals surface area contributed by atoms with Gasteiger partial charge in [0.25, 0.3) is 5.91 Å². The molecule has 1 aromatic carbocycles. The second-order valence-electron chi connectivity index (χ2n) is 5.77. The van der Waals surface area contributed by atoms with Crippen molar-refractivity contribution in [1.82, 2.24) is 15.2 Å². The van der Waals surface area contributed by atoms with Gasteiger partial charge in [-0.05, 0) is 50.0 Å². The van der Waals surface area contributed by atoms with Crippen molar-refractivity contribution in [2.45, 2.75) is 12.8 Å². The van der Waals surface area contributed by atoms with Gasteiger partial charge in [-0.15, -0.1) is 0 Å². The molecule has 1 aliphatic heterocycles. The van der Waals surface area contributed by atoms with E-state index in [0.29, 0.717) is 5.92 Å². The molecule has 2 aromatic rings. The van der Waals surface area contributed by atoms with Gasteiger partial charge in [0.15, 0.2) is 0 Å². The van der Waals surface area contributed by atoms with Crippen LogP contribution in [0.25, 0.3) is 10.9 Å². The summed E-state index contributed by atoms with van der Waals surface area (Å²) in [6.45, 7) is 2.92. The van der Waals surface area contributed by atoms with E-state index >= 15 is 0 Å². The number of hydrogen-bond donors (Lipinski definition) is 1. The quantitative estimate of drug-likeness (QED) is 0.940. The third-order valence-electron chi connectivity index (χ3n) is 4.15. The molecule has 2 heterocycles. The fourth-order valence-corrected chi connectivity index (χ4v) is 3.05. The minimum absolute atomic E-state index is 0.0826. The molecule has 1 aromatic heterocycles. The van der Waals surface area contributed by atoms with Crippen molar-refractivity contribution < 1.29 is 4.79 Å². The first kappa shape index (κ1) is 14.0. The van der Waals surface area contributed by atoms with E-state index < -0.39 is 0 Å². The lowest BCUT2D eigenvalue weighted by molar-refractivity contribution is 0.0766. The fraction of sp³-hybridized carbons (Fsp3) is 0.412. The lowest BCUT2D eigenvalue weighted by Gasteiger charge is -2.28. The Balaban J connectivity index is 1.79. The third-order valence-corrected chi connectivity index (χ3v) is 4.15. The Labute approximate surface area is 125 Å². The molecular formula is C17H21N3O. The molecule has 21 heavy (non-hydrogen) atoms. The van der Waals surface area contributed by atoms with Crippen LogP contribution >= 0.6 is 0 Å². The standard InChI is InChI=1S/C17H21N3O/c1-20(12-13-5-3-9-18-11-13)17(21)15-6-2-8-16-14(15)7-4-10-19-16/h2,4,6-8,10,13,18H,3,5,9,11-12H2,1H3. The number of nitrogens with one attached hydrogen (secondary N) is 1. The number of carbonyl (C=O) groups is 1. The van der Waals surface area contributed by atoms with Gasteiger partial charge in [-0.1, -0.05) is 12.1 Å². The van der Waals surface area contributed by atoms with Gasteiger partial charge < -0.3 is 10.2 Å². The largest absolute Gasteiger partial charge is 0.341 e. The number of carbonyl (C=O) groups excluding carboxylic acids is 1. The number of benzene rings is 1. The molecule has 3 rings (SSSR count). The van der Waals surface area contributed by atoms with E-state index in [2.05, 4.69) is 10.3 Å². The smallest absolute Gasteiger partial charge is 0.254 e. The second-order valence-corrected chi connectivity index (χ2v) is 5.77. The molecule has 4 heteroatoms. The molecule has 1 saturated heterocycles. The number of fused-ring (bicyclic) bond motifs is 1. The van der Waals surface area contributed by atoms with Gasteiger partial charge in [-0.3, -0.25) is 9.78 Å². The van der Waals surface area contributed by atoms with Crippen molar-refractivity contribution in [3.63, 3.8) is 0 Å². The van der Waals surface area contributed by atoms with Gasteiger partial charge in [-0.25, -0.2) is 0 Å². The van der Waals surface area contributed by atoms with Crippen molar-refractivity contribution in [3.8, 4) is 0 Å². The average molecular weight is 283 g/mol. The summed E-state index contributed by atoms with van der Waals surface area (Å²) in [5, 5.41) is 4.33. The predicted octanol–water partition coefficient (Wildman–Crippen LogP) is 2.31. The summed E-state index contributed by atoms with van der Waals surface area (Å²) >= 11 is 0. The summed E-state index contributed by atoms with van der Waals surface area (Å²) in [6, 6.07) is 9.58. The molecule has 4 nitrogen and oxygen atoms in total. The highest BCUT2D eigenvalue weighted by atomic mass is 16.2. The van der Waals surface area contributed by atoms with E-state index in [4.69, 9.17) is 0 Å². The molecule has 110 valence electrons. The van der Waals surface area contributed by atoms with Crippen LogP contribution in [0.1, 0.15) is 23.2 Å². The summed E-state index contributed by atoms with van der Waals surface area (Å²) in [6.07, 6.45) is 4.15. The Morgan fingerprint density at radius 2 is 2.29 bits per heavy atom. The first-order valence-corrected chi connectivity index (χ1v) is 7.55. The van der Waals surface area contributed by atoms with Crippen molar-refractivity contribution >= 4 is 16.8 Å². The lowest BCUT2D eigenvalue weighted by Crippen LogP contribution is -2.39. The Morgan fingerprint density at radius 1 is 1.38 bits per heavy atom. The van der Waals surface area contributed by atoms with E-state index in [1.165, 1.54) is 12.8 Å². The van der Waals surface area contributed by atoms with Gasteiger partial charge in [0.1, 0.15) is 0 Å². The molecule has 1 atom stereocenters. The highest BCUT2D eigenvalue weighted by Gasteiger charge is 2.20. The Bertz CT molecular complexity index is 629. The van der Waals surface area contributed by atoms with E-state index in [9.17, 15) is 4.79 Å². The normalized spacial score (nSPS) is 18.6. The van der Waals surface area contributed by atoms with Crippen molar-refractivity contribution in [3.05, 3.63) is 42.1 Å². The molecule has 1 fully saturated rings. The zero-order chi connectivity index (χ0) is 14.7. The third kappa shape index (κ3) is 3.05. The summed E-state index contributed by atoms with van der Waals surface area (Å²) in [4.78, 5) is 18.9. The first-order chi connectivity index (χ1) is 10.3. The van der Waals surface area contributed by atoms with Crippen molar-refractivity contribution in [2.75, 3.05) is 26.7 Å². The molecule has 0 spiro atoms. The van der Waals surface area contributed by atoms with Gasteiger partial charge in [0.2, 0.25) is 0 Å². The summed E-state index contributed by atoms with van der Waals surface area (Å²) in [5.74, 6) is 0.639. The SMILES string of the molecule is CN(CC1CCCNC1)C(=O)c1cccc2ncccc12. The molecule has 1 aliphatic rings. The van der Waals surface area contributed by atoms with Crippen LogP contribution < -0.4 is 5.32 Å². The van der Waals surface area contributed by atoms with Gasteiger partial charge in [0, 0.05) is 30.7 Å². The zero-order valence-electron chi connectivity index (χ0n) is 12.4. The van der Waals surface area contributed by atoms with Crippen LogP contribution in [0.4, 0.5) is 0 Å². The first-order valence-electron chi connectivity index (χ1n) is 7.55. The van der Waals surface area contributed by atoms with E-state index in [-0.39, 0.29) is 5.91 Å². The molecule has 0 bridgehead atoms. The maximum Gasteiger partial charge on any atom is 0.254 e. The maximum atomic E-state index is 12.7. The minimum atomic E-state index is 0.0826. The van der Waals surface area contributed by atoms with Gasteiger partial charge >= 0.3 is 0 Å². The van der Waals surface area contributed by atoms with Crippen LogP contribution in [-0.2, 0) is 0 Å². The molecule has 1 unspecified atom stereocenters. The van der Waals surface area contributed by atoms with Crippen LogP contribution in [0.15, 0.2) is 36.5 Å². The minimum Gasteiger partial charge on any atom is -0.341 e. The van der Waals surface area contributed by atoms with Crippen LogP contribution in [0, 0.1) is 5.92 Å². The molecule has 1 amide bonds. The maximum absolute atomic E-state index is 12.7. The summed E-state index contributed by atoms with van der Waals surface area (Å²) in [5.41, 5.74) is 1.61. The van der Waals surface area contributed by atoms with E-state index in [1.807, 2.05) is 42.3 Å². The van der Waals surface area contributed by atoms with Gasteiger partial charge in [0.05, 0.1) is 5.52 Å². The monoisotopic (exact) mass is 283 g/mol. The van der Waals surface area contributed by atoms with Crippen molar-refractivity contribution in [1.29, 1.82) is 0 Å². The number of amides is 1. The number of piperidine rings is 1. The number of hydrogen-bond acceptors (Lipinski definition) is 3. The van der Waals surface area contributed by atoms with Crippen LogP contribution in [0.3, 0.4) is 0 Å². The van der Waals surface area contributed by atoms with E-state index in [0.717, 1.165) is 36.1 Å². The second kappa shape index (κ2) is 6.22. The highest BCUT2D eigenvalue weighted by molar-refractivity contribution is 6.06. The topological polar surface area (TPSA) is 45.2 Å². The number of rotatable bonds is 3. The average Bonchev–Trinajstić information content (AvgIpc) is 2.54. The van der Waals surface area contributed by atoms with Crippen molar-refractivity contribution in [2.24, 2.45) is 5.92 Å². The molecular weight excluding hydrogens is 262 g/mol. The number of pyridine rings is 1. The predicted molar refractivity (Wildman–Crippen MR) is 84.3 cm³/mol. The fourth-order valence-electron chi connectivity index (χ4n) is 3.05. The van der Waals surface area contributed by atoms with Crippen LogP contribution in [0.2, 0.25) is 0 Å². The zero-order valence-corrected chi connectivity index (χ0v) is 12.4. The number of aromatic nitrogens is 1. The van der Waals surface area contributed by atoms with Crippen LogP contribution in [-0.4, -0.2) is 42.5 Å². The van der Waals surface area contributed by atoms with E-state index in [1.54, 1.807) is 6.20 Å². The Kier molecular flexibility index (Phi) is 4.15.